The highest BCUT2D eigenvalue weighted by Gasteiger charge is 2.24. The number of rotatable bonds is 1. The van der Waals surface area contributed by atoms with E-state index in [2.05, 4.69) is 0 Å². The van der Waals surface area contributed by atoms with E-state index >= 15 is 0 Å². The molecule has 1 atom stereocenters. The molecule has 0 unspecified atom stereocenters. The lowest BCUT2D eigenvalue weighted by molar-refractivity contribution is -0.127. The minimum absolute atomic E-state index is 0.0810. The Morgan fingerprint density at radius 2 is 2.56 bits per heavy atom. The molecule has 0 aliphatic carbocycles. The number of likely N-dealkylation sites (tertiary alicyclic amines) is 1. The molecule has 0 aromatic carbocycles. The number of carbonyl (C=O) groups excluding carboxylic acids is 1. The number of likely N-dealkylation sites (N-methyl/N-ethyl adjacent to an activating group) is 1. The van der Waals surface area contributed by atoms with E-state index in [1.165, 1.54) is 0 Å². The summed E-state index contributed by atoms with van der Waals surface area (Å²) in [5.74, 6) is 0.199. The van der Waals surface area contributed by atoms with Gasteiger partial charge in [-0.1, -0.05) is 0 Å². The molecule has 1 amide bonds. The standard InChI is InChI=1S/C6H12N2O/c1-2-8-4-5(7)3-6(8)9/h5H,2-4,7H2,1H3/t5-/m0/s1. The van der Waals surface area contributed by atoms with Crippen LogP contribution in [0.5, 0.6) is 0 Å². The molecule has 1 heterocycles. The van der Waals surface area contributed by atoms with Crippen molar-refractivity contribution in [3.8, 4) is 0 Å². The van der Waals surface area contributed by atoms with Gasteiger partial charge in [-0.25, -0.2) is 0 Å². The minimum atomic E-state index is 0.0810. The molecule has 9 heavy (non-hydrogen) atoms. The lowest BCUT2D eigenvalue weighted by atomic mass is 10.3. The first-order valence-electron chi connectivity index (χ1n) is 3.27. The number of hydrogen-bond acceptors (Lipinski definition) is 2. The van der Waals surface area contributed by atoms with Crippen molar-refractivity contribution >= 4 is 5.91 Å². The van der Waals surface area contributed by atoms with Crippen molar-refractivity contribution in [2.75, 3.05) is 13.1 Å². The molecule has 0 bridgehead atoms. The first-order valence-corrected chi connectivity index (χ1v) is 3.27. The van der Waals surface area contributed by atoms with Crippen LogP contribution in [0.25, 0.3) is 0 Å². The van der Waals surface area contributed by atoms with Crippen molar-refractivity contribution in [1.29, 1.82) is 0 Å². The van der Waals surface area contributed by atoms with Crippen LogP contribution in [0.3, 0.4) is 0 Å². The molecule has 1 aliphatic heterocycles. The lowest BCUT2D eigenvalue weighted by Gasteiger charge is -2.11. The van der Waals surface area contributed by atoms with Crippen LogP contribution in [0.2, 0.25) is 0 Å². The molecule has 1 rings (SSSR count). The van der Waals surface area contributed by atoms with E-state index in [1.54, 1.807) is 4.90 Å². The summed E-state index contributed by atoms with van der Waals surface area (Å²) in [5, 5.41) is 0. The second-order valence-electron chi connectivity index (χ2n) is 2.40. The molecule has 1 saturated heterocycles. The summed E-state index contributed by atoms with van der Waals surface area (Å²) >= 11 is 0. The van der Waals surface area contributed by atoms with Crippen molar-refractivity contribution in [3.63, 3.8) is 0 Å². The Bertz CT molecular complexity index is 124. The number of hydrogen-bond donors (Lipinski definition) is 1. The number of carbonyl (C=O) groups is 1. The van der Waals surface area contributed by atoms with Crippen LogP contribution in [0.1, 0.15) is 13.3 Å². The summed E-state index contributed by atoms with van der Waals surface area (Å²) in [5.41, 5.74) is 5.53. The van der Waals surface area contributed by atoms with Gasteiger partial charge in [0.1, 0.15) is 0 Å². The highest BCUT2D eigenvalue weighted by atomic mass is 16.2. The van der Waals surface area contributed by atoms with E-state index in [0.717, 1.165) is 13.1 Å². The molecule has 3 heteroatoms. The average Bonchev–Trinajstić information content (AvgIpc) is 2.10. The van der Waals surface area contributed by atoms with Gasteiger partial charge >= 0.3 is 0 Å². The zero-order valence-corrected chi connectivity index (χ0v) is 5.63. The molecule has 0 aromatic rings. The van der Waals surface area contributed by atoms with Gasteiger partial charge in [-0.2, -0.15) is 0 Å². The van der Waals surface area contributed by atoms with Crippen LogP contribution in [0, 0.1) is 0 Å². The van der Waals surface area contributed by atoms with E-state index in [0.29, 0.717) is 6.42 Å². The second-order valence-corrected chi connectivity index (χ2v) is 2.40. The third-order valence-corrected chi connectivity index (χ3v) is 1.63. The van der Waals surface area contributed by atoms with Crippen LogP contribution >= 0.6 is 0 Å². The summed E-state index contributed by atoms with van der Waals surface area (Å²) in [6.45, 7) is 3.51. The van der Waals surface area contributed by atoms with E-state index in [9.17, 15) is 4.79 Å². The molecule has 1 fully saturated rings. The lowest BCUT2D eigenvalue weighted by Crippen LogP contribution is -2.27. The van der Waals surface area contributed by atoms with Gasteiger partial charge in [-0.15, -0.1) is 0 Å². The summed E-state index contributed by atoms with van der Waals surface area (Å²) in [6, 6.07) is 0.0810. The van der Waals surface area contributed by atoms with Gasteiger partial charge < -0.3 is 10.6 Å². The monoisotopic (exact) mass is 128 g/mol. The fourth-order valence-corrected chi connectivity index (χ4v) is 1.11. The molecule has 0 saturated carbocycles. The van der Waals surface area contributed by atoms with E-state index in [-0.39, 0.29) is 11.9 Å². The normalized spacial score (nSPS) is 27.6. The summed E-state index contributed by atoms with van der Waals surface area (Å²) in [4.78, 5) is 12.6. The fraction of sp³-hybridized carbons (Fsp3) is 0.833. The molecule has 52 valence electrons. The Morgan fingerprint density at radius 1 is 1.89 bits per heavy atom. The van der Waals surface area contributed by atoms with Crippen molar-refractivity contribution in [2.24, 2.45) is 5.73 Å². The molecular weight excluding hydrogens is 116 g/mol. The van der Waals surface area contributed by atoms with Crippen LogP contribution in [0.15, 0.2) is 0 Å². The molecular formula is C6H12N2O. The highest BCUT2D eigenvalue weighted by molar-refractivity contribution is 5.79. The largest absolute Gasteiger partial charge is 0.341 e. The Hall–Kier alpha value is -0.570. The van der Waals surface area contributed by atoms with E-state index in [1.807, 2.05) is 6.92 Å². The third kappa shape index (κ3) is 1.21. The molecule has 3 nitrogen and oxygen atoms in total. The van der Waals surface area contributed by atoms with Crippen LogP contribution in [0.4, 0.5) is 0 Å². The van der Waals surface area contributed by atoms with E-state index < -0.39 is 0 Å². The topological polar surface area (TPSA) is 46.3 Å². The number of amides is 1. The van der Waals surface area contributed by atoms with Gasteiger partial charge in [0, 0.05) is 25.6 Å². The maximum absolute atomic E-state index is 10.9. The molecule has 1 aliphatic rings. The Morgan fingerprint density at radius 3 is 2.78 bits per heavy atom. The molecule has 0 radical (unpaired) electrons. The first kappa shape index (κ1) is 6.55. The smallest absolute Gasteiger partial charge is 0.224 e. The predicted octanol–water partition coefficient (Wildman–Crippen LogP) is -0.434. The molecule has 0 spiro atoms. The predicted molar refractivity (Wildman–Crippen MR) is 34.8 cm³/mol. The highest BCUT2D eigenvalue weighted by Crippen LogP contribution is 2.06. The quantitative estimate of drug-likeness (QED) is 0.520. The maximum Gasteiger partial charge on any atom is 0.224 e. The zero-order valence-electron chi connectivity index (χ0n) is 5.63. The molecule has 0 aromatic heterocycles. The van der Waals surface area contributed by atoms with Crippen molar-refractivity contribution in [2.45, 2.75) is 19.4 Å². The van der Waals surface area contributed by atoms with Crippen molar-refractivity contribution < 1.29 is 4.79 Å². The van der Waals surface area contributed by atoms with Gasteiger partial charge in [-0.05, 0) is 6.92 Å². The SMILES string of the molecule is CCN1C[C@@H](N)CC1=O. The van der Waals surface area contributed by atoms with Crippen molar-refractivity contribution in [1.82, 2.24) is 4.90 Å². The van der Waals surface area contributed by atoms with Crippen LogP contribution in [-0.4, -0.2) is 29.9 Å². The number of nitrogens with two attached hydrogens (primary N) is 1. The average molecular weight is 128 g/mol. The number of nitrogens with zero attached hydrogens (tertiary/aromatic N) is 1. The molecule has 2 N–H and O–H groups in total. The zero-order chi connectivity index (χ0) is 6.85. The summed E-state index contributed by atoms with van der Waals surface area (Å²) in [6.07, 6.45) is 0.536. The minimum Gasteiger partial charge on any atom is -0.341 e. The van der Waals surface area contributed by atoms with Gasteiger partial charge in [0.05, 0.1) is 0 Å². The van der Waals surface area contributed by atoms with Crippen LogP contribution < -0.4 is 5.73 Å². The third-order valence-electron chi connectivity index (χ3n) is 1.63. The van der Waals surface area contributed by atoms with Gasteiger partial charge in [0.25, 0.3) is 0 Å². The van der Waals surface area contributed by atoms with Crippen LogP contribution in [-0.2, 0) is 4.79 Å². The summed E-state index contributed by atoms with van der Waals surface area (Å²) in [7, 11) is 0. The Labute approximate surface area is 54.8 Å². The Kier molecular flexibility index (Phi) is 1.71. The Balaban J connectivity index is 2.48. The van der Waals surface area contributed by atoms with Gasteiger partial charge in [-0.3, -0.25) is 4.79 Å². The summed E-state index contributed by atoms with van der Waals surface area (Å²) < 4.78 is 0. The van der Waals surface area contributed by atoms with Gasteiger partial charge in [0.2, 0.25) is 5.91 Å². The van der Waals surface area contributed by atoms with E-state index in [4.69, 9.17) is 5.73 Å². The maximum atomic E-state index is 10.9. The van der Waals surface area contributed by atoms with Gasteiger partial charge in [0.15, 0.2) is 0 Å². The van der Waals surface area contributed by atoms with Crippen molar-refractivity contribution in [3.05, 3.63) is 0 Å². The second kappa shape index (κ2) is 2.35. The fourth-order valence-electron chi connectivity index (χ4n) is 1.11. The first-order chi connectivity index (χ1) is 4.24.